The van der Waals surface area contributed by atoms with Crippen molar-refractivity contribution in [1.29, 1.82) is 0 Å². The third-order valence-electron chi connectivity index (χ3n) is 5.20. The zero-order chi connectivity index (χ0) is 29.7. The molecule has 1 saturated heterocycles. The Morgan fingerprint density at radius 3 is 1.45 bits per heavy atom. The molecule has 1 fully saturated rings. The Kier molecular flexibility index (Phi) is 13.4. The fraction of sp³-hybridized carbons (Fsp3) is 0.960. The third-order valence-corrected chi connectivity index (χ3v) is 10.2. The highest BCUT2D eigenvalue weighted by Gasteiger charge is 2.48. The number of hydrogen-bond acceptors (Lipinski definition) is 7. The Balaban J connectivity index is 3.73. The number of carbonyl (C=O) groups is 1. The molecule has 1 aliphatic rings. The number of rotatable bonds is 15. The molecule has 0 N–H and O–H groups in total. The van der Waals surface area contributed by atoms with Crippen molar-refractivity contribution in [3.8, 4) is 0 Å². The van der Waals surface area contributed by atoms with Gasteiger partial charge in [-0.3, -0.25) is 4.79 Å². The summed E-state index contributed by atoms with van der Waals surface area (Å²) < 4.78 is 39.5. The number of ether oxygens (including phenoxy) is 1. The van der Waals surface area contributed by atoms with E-state index in [2.05, 4.69) is 98.2 Å². The van der Waals surface area contributed by atoms with E-state index in [1.54, 1.807) is 0 Å². The van der Waals surface area contributed by atoms with Crippen molar-refractivity contribution in [3.63, 3.8) is 0 Å². The van der Waals surface area contributed by atoms with Crippen LogP contribution in [0.5, 0.6) is 0 Å². The first-order valence-corrected chi connectivity index (χ1v) is 31.1. The van der Waals surface area contributed by atoms with E-state index in [9.17, 15) is 4.79 Å². The molecule has 1 heterocycles. The molecule has 0 aromatic carbocycles. The monoisotopic (exact) mass is 625 g/mol. The summed E-state index contributed by atoms with van der Waals surface area (Å²) in [4.78, 5) is 16.1. The Bertz CT molecular complexity index is 733. The minimum atomic E-state index is -2.16. The molecule has 0 aromatic rings. The van der Waals surface area contributed by atoms with Crippen LogP contribution in [0.2, 0.25) is 98.2 Å². The van der Waals surface area contributed by atoms with E-state index in [-0.39, 0.29) is 12.0 Å². The van der Waals surface area contributed by atoms with E-state index in [1.165, 1.54) is 0 Å². The summed E-state index contributed by atoms with van der Waals surface area (Å²) in [5, 5.41) is 0. The molecule has 1 amide bonds. The Morgan fingerprint density at radius 1 is 0.632 bits per heavy atom. The number of nitrogens with zero attached hydrogens (tertiary/aromatic N) is 1. The van der Waals surface area contributed by atoms with Gasteiger partial charge < -0.3 is 31.8 Å². The van der Waals surface area contributed by atoms with E-state index >= 15 is 0 Å². The smallest absolute Gasteiger partial charge is 0.253 e. The van der Waals surface area contributed by atoms with E-state index in [0.29, 0.717) is 32.9 Å². The quantitative estimate of drug-likeness (QED) is 0.220. The zero-order valence-electron chi connectivity index (χ0n) is 27.1. The summed E-state index contributed by atoms with van der Waals surface area (Å²) in [6.45, 7) is 35.0. The van der Waals surface area contributed by atoms with Gasteiger partial charge in [0.1, 0.15) is 12.2 Å². The van der Waals surface area contributed by atoms with Gasteiger partial charge in [0.25, 0.3) is 5.91 Å². The van der Waals surface area contributed by atoms with E-state index in [1.807, 2.05) is 4.90 Å². The minimum Gasteiger partial charge on any atom is -0.415 e. The maximum atomic E-state index is 14.2. The molecule has 0 radical (unpaired) electrons. The molecule has 1 rings (SSSR count). The predicted octanol–water partition coefficient (Wildman–Crippen LogP) is 5.58. The van der Waals surface area contributed by atoms with Crippen molar-refractivity contribution in [2.75, 3.05) is 32.9 Å². The van der Waals surface area contributed by atoms with Crippen molar-refractivity contribution in [2.24, 2.45) is 0 Å². The SMILES string of the molecule is C[Si](C)(C)OC[C@@H](O[Si](C)(C)C)[C@@H](O[Si](C)(C)C)[C@H](O[Si](C)(C)C)[C@@H](O[Si](C)(C)C)C(=O)N1CCOCC1. The fourth-order valence-electron chi connectivity index (χ4n) is 4.06. The van der Waals surface area contributed by atoms with Crippen LogP contribution >= 0.6 is 0 Å². The van der Waals surface area contributed by atoms with Gasteiger partial charge in [-0.05, 0) is 98.2 Å². The zero-order valence-corrected chi connectivity index (χ0v) is 32.1. The predicted molar refractivity (Wildman–Crippen MR) is 170 cm³/mol. The molecule has 0 spiro atoms. The van der Waals surface area contributed by atoms with Gasteiger partial charge in [-0.2, -0.15) is 0 Å². The second-order valence-electron chi connectivity index (χ2n) is 15.2. The van der Waals surface area contributed by atoms with Crippen LogP contribution in [0.1, 0.15) is 0 Å². The van der Waals surface area contributed by atoms with Gasteiger partial charge in [0.2, 0.25) is 0 Å². The maximum Gasteiger partial charge on any atom is 0.253 e. The molecule has 13 heteroatoms. The number of carbonyl (C=O) groups excluding carboxylic acids is 1. The number of hydrogen-bond donors (Lipinski definition) is 0. The molecule has 0 bridgehead atoms. The lowest BCUT2D eigenvalue weighted by atomic mass is 10.0. The first kappa shape index (κ1) is 36.3. The molecule has 0 aromatic heterocycles. The van der Waals surface area contributed by atoms with E-state index < -0.39 is 59.9 Å². The summed E-state index contributed by atoms with van der Waals surface area (Å²) in [6, 6.07) is 0. The van der Waals surface area contributed by atoms with Gasteiger partial charge in [0.15, 0.2) is 47.7 Å². The highest BCUT2D eigenvalue weighted by atomic mass is 28.4. The normalized spacial score (nSPS) is 19.7. The number of morpholine rings is 1. The second-order valence-corrected chi connectivity index (χ2v) is 37.5. The molecule has 0 saturated carbocycles. The standard InChI is InChI=1S/C25H59NO7Si5/c1-34(2,3)29-20-21(30-35(4,5)6)22(31-36(7,8)9)23(32-37(10,11)12)24(33-38(13,14)15)25(27)26-16-18-28-19-17-26/h21-24H,16-20H2,1-15H3/t21-,22-,23+,24-/m1/s1. The molecular formula is C25H59NO7Si5. The van der Waals surface area contributed by atoms with Gasteiger partial charge >= 0.3 is 0 Å². The van der Waals surface area contributed by atoms with Crippen LogP contribution in [0.3, 0.4) is 0 Å². The highest BCUT2D eigenvalue weighted by Crippen LogP contribution is 2.29. The lowest BCUT2D eigenvalue weighted by Crippen LogP contribution is -2.63. The molecule has 4 atom stereocenters. The van der Waals surface area contributed by atoms with Gasteiger partial charge in [-0.1, -0.05) is 0 Å². The minimum absolute atomic E-state index is 0.0407. The molecular weight excluding hydrogens is 567 g/mol. The van der Waals surface area contributed by atoms with Crippen LogP contribution < -0.4 is 0 Å². The van der Waals surface area contributed by atoms with Crippen LogP contribution in [0.4, 0.5) is 0 Å². The lowest BCUT2D eigenvalue weighted by Gasteiger charge is -2.46. The van der Waals surface area contributed by atoms with Gasteiger partial charge in [-0.15, -0.1) is 0 Å². The summed E-state index contributed by atoms with van der Waals surface area (Å²) >= 11 is 0. The average Bonchev–Trinajstić information content (AvgIpc) is 2.68. The summed E-state index contributed by atoms with van der Waals surface area (Å²) in [5.74, 6) is -0.0407. The first-order valence-electron chi connectivity index (χ1n) is 14.1. The summed E-state index contributed by atoms with van der Waals surface area (Å²) in [5.41, 5.74) is 0. The van der Waals surface area contributed by atoms with Gasteiger partial charge in [0.05, 0.1) is 25.9 Å². The molecule has 38 heavy (non-hydrogen) atoms. The van der Waals surface area contributed by atoms with Crippen molar-refractivity contribution < 1.29 is 31.7 Å². The molecule has 0 aliphatic carbocycles. The van der Waals surface area contributed by atoms with Gasteiger partial charge in [0, 0.05) is 13.1 Å². The largest absolute Gasteiger partial charge is 0.415 e. The van der Waals surface area contributed by atoms with E-state index in [4.69, 9.17) is 26.9 Å². The molecule has 1 aliphatic heterocycles. The first-order chi connectivity index (χ1) is 16.9. The number of amides is 1. The third kappa shape index (κ3) is 15.4. The Labute approximate surface area is 239 Å². The van der Waals surface area contributed by atoms with Crippen molar-refractivity contribution in [1.82, 2.24) is 4.90 Å². The van der Waals surface area contributed by atoms with Gasteiger partial charge in [-0.25, -0.2) is 0 Å². The van der Waals surface area contributed by atoms with Crippen molar-refractivity contribution in [2.45, 2.75) is 123 Å². The topological polar surface area (TPSA) is 75.7 Å². The van der Waals surface area contributed by atoms with E-state index in [0.717, 1.165) is 0 Å². The van der Waals surface area contributed by atoms with Crippen LogP contribution in [-0.2, 0) is 31.7 Å². The van der Waals surface area contributed by atoms with Crippen LogP contribution in [0.25, 0.3) is 0 Å². The Morgan fingerprint density at radius 2 is 1.05 bits per heavy atom. The Hall–Kier alpha value is 0.314. The molecule has 226 valence electrons. The van der Waals surface area contributed by atoms with Crippen LogP contribution in [-0.4, -0.2) is 110 Å². The second kappa shape index (κ2) is 14.0. The van der Waals surface area contributed by atoms with Crippen molar-refractivity contribution >= 4 is 47.5 Å². The average molecular weight is 626 g/mol. The maximum absolute atomic E-state index is 14.2. The fourth-order valence-corrected chi connectivity index (χ4v) is 9.00. The van der Waals surface area contributed by atoms with Crippen LogP contribution in [0.15, 0.2) is 0 Å². The highest BCUT2D eigenvalue weighted by molar-refractivity contribution is 6.71. The molecule has 0 unspecified atom stereocenters. The lowest BCUT2D eigenvalue weighted by molar-refractivity contribution is -0.155. The summed E-state index contributed by atoms with van der Waals surface area (Å²) in [6.07, 6.45) is -2.26. The summed E-state index contributed by atoms with van der Waals surface area (Å²) in [7, 11) is -10.3. The molecule has 8 nitrogen and oxygen atoms in total. The van der Waals surface area contributed by atoms with Crippen LogP contribution in [0, 0.1) is 0 Å². The van der Waals surface area contributed by atoms with Crippen molar-refractivity contribution in [3.05, 3.63) is 0 Å².